The van der Waals surface area contributed by atoms with Gasteiger partial charge in [0.05, 0.1) is 11.9 Å². The molecule has 1 N–H and O–H groups in total. The number of carboxylic acid groups (broad SMARTS) is 1. The van der Waals surface area contributed by atoms with Crippen LogP contribution in [0.1, 0.15) is 19.4 Å². The zero-order valence-electron chi connectivity index (χ0n) is 12.4. The Bertz CT molecular complexity index is 756. The fraction of sp³-hybridized carbons (Fsp3) is 0.500. The Morgan fingerprint density at radius 2 is 2.12 bits per heavy atom. The second kappa shape index (κ2) is 6.34. The summed E-state index contributed by atoms with van der Waals surface area (Å²) >= 11 is 0. The number of aromatic nitrogens is 2. The second-order valence-corrected chi connectivity index (χ2v) is 6.58. The highest BCUT2D eigenvalue weighted by Gasteiger charge is 2.48. The molecule has 1 unspecified atom stereocenters. The van der Waals surface area contributed by atoms with Crippen LogP contribution in [-0.4, -0.2) is 47.9 Å². The van der Waals surface area contributed by atoms with Crippen LogP contribution < -0.4 is 4.90 Å². The zero-order chi connectivity index (χ0) is 18.1. The fourth-order valence-electron chi connectivity index (χ4n) is 1.97. The van der Waals surface area contributed by atoms with E-state index in [0.29, 0.717) is 5.69 Å². The SMILES string of the molecule is CC(C(=O)O)n1cc(N2CC=C(OS(=O)(=O)C(F)(F)F)CC2)cn1. The van der Waals surface area contributed by atoms with Crippen LogP contribution in [0.5, 0.6) is 0 Å². The van der Waals surface area contributed by atoms with E-state index >= 15 is 0 Å². The number of hydrogen-bond acceptors (Lipinski definition) is 6. The van der Waals surface area contributed by atoms with Gasteiger partial charge in [-0.15, -0.1) is 0 Å². The summed E-state index contributed by atoms with van der Waals surface area (Å²) in [5.74, 6) is -1.34. The van der Waals surface area contributed by atoms with E-state index in [0.717, 1.165) is 0 Å². The van der Waals surface area contributed by atoms with Gasteiger partial charge in [-0.1, -0.05) is 0 Å². The summed E-state index contributed by atoms with van der Waals surface area (Å²) in [6, 6.07) is -0.866. The number of carboxylic acids is 1. The summed E-state index contributed by atoms with van der Waals surface area (Å²) in [4.78, 5) is 12.6. The van der Waals surface area contributed by atoms with Gasteiger partial charge in [0.1, 0.15) is 11.8 Å². The molecule has 0 bridgehead atoms. The largest absolute Gasteiger partial charge is 0.534 e. The first kappa shape index (κ1) is 18.1. The molecule has 12 heteroatoms. The van der Waals surface area contributed by atoms with Crippen LogP contribution in [-0.2, 0) is 19.1 Å². The van der Waals surface area contributed by atoms with Crippen LogP contribution in [0.25, 0.3) is 0 Å². The minimum atomic E-state index is -5.66. The molecule has 1 aromatic rings. The van der Waals surface area contributed by atoms with Crippen molar-refractivity contribution in [2.75, 3.05) is 18.0 Å². The Hall–Kier alpha value is -2.24. The van der Waals surface area contributed by atoms with Crippen LogP contribution in [0.15, 0.2) is 24.2 Å². The standard InChI is InChI=1S/C12H14F3N3O5S/c1-8(11(19)20)18-7-9(6-16-18)17-4-2-10(3-5-17)23-24(21,22)12(13,14)15/h2,6-8H,3-5H2,1H3,(H,19,20). The van der Waals surface area contributed by atoms with Crippen LogP contribution in [0.2, 0.25) is 0 Å². The molecular formula is C12H14F3N3O5S. The first-order valence-corrected chi connectivity index (χ1v) is 8.14. The summed E-state index contributed by atoms with van der Waals surface area (Å²) < 4.78 is 64.0. The Balaban J connectivity index is 2.04. The van der Waals surface area contributed by atoms with Gasteiger partial charge in [0.15, 0.2) is 0 Å². The van der Waals surface area contributed by atoms with Gasteiger partial charge < -0.3 is 14.2 Å². The van der Waals surface area contributed by atoms with Crippen molar-refractivity contribution >= 4 is 21.8 Å². The van der Waals surface area contributed by atoms with E-state index in [9.17, 15) is 26.4 Å². The summed E-state index contributed by atoms with van der Waals surface area (Å²) in [5.41, 5.74) is -4.91. The summed E-state index contributed by atoms with van der Waals surface area (Å²) in [6.45, 7) is 1.76. The Morgan fingerprint density at radius 3 is 2.62 bits per heavy atom. The maximum Gasteiger partial charge on any atom is 0.534 e. The molecular weight excluding hydrogens is 355 g/mol. The van der Waals surface area contributed by atoms with Crippen molar-refractivity contribution in [2.45, 2.75) is 24.9 Å². The lowest BCUT2D eigenvalue weighted by molar-refractivity contribution is -0.140. The molecule has 0 saturated carbocycles. The number of halogens is 3. The van der Waals surface area contributed by atoms with E-state index < -0.39 is 27.6 Å². The van der Waals surface area contributed by atoms with Gasteiger partial charge >= 0.3 is 21.6 Å². The maximum atomic E-state index is 12.3. The first-order valence-electron chi connectivity index (χ1n) is 6.73. The van der Waals surface area contributed by atoms with Crippen LogP contribution >= 0.6 is 0 Å². The third-order valence-electron chi connectivity index (χ3n) is 3.37. The van der Waals surface area contributed by atoms with E-state index in [1.807, 2.05) is 0 Å². The third-order valence-corrected chi connectivity index (χ3v) is 4.38. The highest BCUT2D eigenvalue weighted by molar-refractivity contribution is 7.87. The number of rotatable bonds is 5. The molecule has 0 amide bonds. The predicted molar refractivity (Wildman–Crippen MR) is 75.5 cm³/mol. The lowest BCUT2D eigenvalue weighted by atomic mass is 10.2. The number of alkyl halides is 3. The highest BCUT2D eigenvalue weighted by Crippen LogP contribution is 2.29. The van der Waals surface area contributed by atoms with Gasteiger partial charge in [-0.25, -0.2) is 4.79 Å². The zero-order valence-corrected chi connectivity index (χ0v) is 13.2. The van der Waals surface area contributed by atoms with Crippen LogP contribution in [0, 0.1) is 0 Å². The van der Waals surface area contributed by atoms with Gasteiger partial charge in [-0.3, -0.25) is 4.68 Å². The van der Waals surface area contributed by atoms with Gasteiger partial charge in [-0.2, -0.15) is 26.7 Å². The molecule has 134 valence electrons. The topological polar surface area (TPSA) is 102 Å². The average molecular weight is 369 g/mol. The molecule has 8 nitrogen and oxygen atoms in total. The summed E-state index contributed by atoms with van der Waals surface area (Å²) in [7, 11) is -5.66. The van der Waals surface area contributed by atoms with Crippen molar-refractivity contribution < 1.29 is 35.7 Å². The van der Waals surface area contributed by atoms with E-state index in [1.54, 1.807) is 4.90 Å². The molecule has 1 atom stereocenters. The molecule has 2 rings (SSSR count). The number of aliphatic carboxylic acids is 1. The minimum Gasteiger partial charge on any atom is -0.480 e. The average Bonchev–Trinajstić information content (AvgIpc) is 2.95. The van der Waals surface area contributed by atoms with Crippen molar-refractivity contribution in [3.63, 3.8) is 0 Å². The van der Waals surface area contributed by atoms with Gasteiger partial charge in [0.2, 0.25) is 0 Å². The second-order valence-electron chi connectivity index (χ2n) is 5.04. The molecule has 24 heavy (non-hydrogen) atoms. The van der Waals surface area contributed by atoms with Gasteiger partial charge in [0.25, 0.3) is 0 Å². The quantitative estimate of drug-likeness (QED) is 0.620. The molecule has 0 saturated heterocycles. The Morgan fingerprint density at radius 1 is 1.46 bits per heavy atom. The van der Waals surface area contributed by atoms with Crippen molar-refractivity contribution in [1.29, 1.82) is 0 Å². The first-order chi connectivity index (χ1) is 11.0. The van der Waals surface area contributed by atoms with Crippen molar-refractivity contribution in [3.8, 4) is 0 Å². The summed E-state index contributed by atoms with van der Waals surface area (Å²) in [6.07, 6.45) is 4.09. The van der Waals surface area contributed by atoms with Gasteiger partial charge in [-0.05, 0) is 13.0 Å². The Kier molecular flexibility index (Phi) is 4.78. The maximum absolute atomic E-state index is 12.3. The number of anilines is 1. The lowest BCUT2D eigenvalue weighted by Crippen LogP contribution is -2.31. The minimum absolute atomic E-state index is 0.0467. The molecule has 1 aliphatic heterocycles. The lowest BCUT2D eigenvalue weighted by Gasteiger charge is -2.26. The van der Waals surface area contributed by atoms with Crippen LogP contribution in [0.3, 0.4) is 0 Å². The number of hydrogen-bond donors (Lipinski definition) is 1. The number of carbonyl (C=O) groups is 1. The van der Waals surface area contributed by atoms with E-state index in [-0.39, 0.29) is 25.3 Å². The predicted octanol–water partition coefficient (Wildman–Crippen LogP) is 1.49. The molecule has 2 heterocycles. The molecule has 0 aromatic carbocycles. The normalized spacial score (nSPS) is 17.3. The monoisotopic (exact) mass is 369 g/mol. The summed E-state index contributed by atoms with van der Waals surface area (Å²) in [5, 5.41) is 12.8. The molecule has 0 radical (unpaired) electrons. The fourth-order valence-corrected chi connectivity index (χ4v) is 2.49. The van der Waals surface area contributed by atoms with Gasteiger partial charge in [0, 0.05) is 25.7 Å². The third kappa shape index (κ3) is 3.80. The van der Waals surface area contributed by atoms with Crippen LogP contribution in [0.4, 0.5) is 18.9 Å². The molecule has 1 aliphatic rings. The molecule has 0 spiro atoms. The molecule has 0 aliphatic carbocycles. The Labute approximate surface area is 135 Å². The van der Waals surface area contributed by atoms with E-state index in [1.165, 1.54) is 30.1 Å². The van der Waals surface area contributed by atoms with E-state index in [4.69, 9.17) is 5.11 Å². The molecule has 0 fully saturated rings. The van der Waals surface area contributed by atoms with Crippen molar-refractivity contribution in [1.82, 2.24) is 9.78 Å². The highest BCUT2D eigenvalue weighted by atomic mass is 32.2. The number of nitrogens with zero attached hydrogens (tertiary/aromatic N) is 3. The smallest absolute Gasteiger partial charge is 0.480 e. The van der Waals surface area contributed by atoms with Crippen molar-refractivity contribution in [3.05, 3.63) is 24.2 Å². The van der Waals surface area contributed by atoms with E-state index in [2.05, 4.69) is 9.28 Å². The molecule has 1 aromatic heterocycles. The van der Waals surface area contributed by atoms with Crippen molar-refractivity contribution in [2.24, 2.45) is 0 Å².